The fraction of sp³-hybridized carbons (Fsp3) is 0.0882. The summed E-state index contributed by atoms with van der Waals surface area (Å²) in [6.45, 7) is 3.11. The molecular weight excluding hydrogens is 612 g/mol. The van der Waals surface area contributed by atoms with Gasteiger partial charge in [-0.05, 0) is 66.1 Å². The quantitative estimate of drug-likeness (QED) is 0.160. The number of hydrogen-bond donors (Lipinski definition) is 0. The second-order valence-electron chi connectivity index (χ2n) is 9.80. The standard InChI is InChI=1S/C34H26Br2N2O/c1-23(39)16-28(31-21-37(19-24-8-4-2-5-9-24)33-14-12-26(35)17-29(31)33)32-22-38(20-25-10-6-3-7-11-25)34-15-13-27(36)18-30(32)34/h2-18,21-22H,19-20H2,1H3. The van der Waals surface area contributed by atoms with Crippen LogP contribution in [0.2, 0.25) is 0 Å². The first-order valence-electron chi connectivity index (χ1n) is 12.8. The molecule has 0 spiro atoms. The Labute approximate surface area is 244 Å². The molecule has 0 saturated heterocycles. The van der Waals surface area contributed by atoms with Crippen LogP contribution >= 0.6 is 31.9 Å². The van der Waals surface area contributed by atoms with E-state index in [9.17, 15) is 4.79 Å². The number of hydrogen-bond acceptors (Lipinski definition) is 1. The first kappa shape index (κ1) is 25.6. The molecule has 0 aliphatic carbocycles. The molecule has 3 nitrogen and oxygen atoms in total. The Morgan fingerprint density at radius 2 is 1.10 bits per heavy atom. The third-order valence-corrected chi connectivity index (χ3v) is 7.99. The van der Waals surface area contributed by atoms with Crippen molar-refractivity contribution < 1.29 is 4.79 Å². The average molecular weight is 638 g/mol. The van der Waals surface area contributed by atoms with E-state index in [0.29, 0.717) is 0 Å². The van der Waals surface area contributed by atoms with Crippen LogP contribution in [-0.4, -0.2) is 14.9 Å². The van der Waals surface area contributed by atoms with Gasteiger partial charge in [0.2, 0.25) is 0 Å². The van der Waals surface area contributed by atoms with Crippen molar-refractivity contribution in [2.75, 3.05) is 0 Å². The van der Waals surface area contributed by atoms with Crippen molar-refractivity contribution in [1.29, 1.82) is 0 Å². The van der Waals surface area contributed by atoms with Crippen molar-refractivity contribution in [3.05, 3.63) is 147 Å². The Kier molecular flexibility index (Phi) is 7.11. The van der Waals surface area contributed by atoms with Crippen LogP contribution in [0.4, 0.5) is 0 Å². The molecule has 6 rings (SSSR count). The van der Waals surface area contributed by atoms with E-state index in [1.165, 1.54) is 11.1 Å². The number of halogens is 2. The fourth-order valence-corrected chi connectivity index (χ4v) is 6.02. The highest BCUT2D eigenvalue weighted by Crippen LogP contribution is 2.38. The van der Waals surface area contributed by atoms with Gasteiger partial charge in [-0.1, -0.05) is 92.5 Å². The lowest BCUT2D eigenvalue weighted by atomic mass is 9.96. The fourth-order valence-electron chi connectivity index (χ4n) is 5.29. The van der Waals surface area contributed by atoms with Crippen molar-refractivity contribution in [1.82, 2.24) is 9.13 Å². The third-order valence-electron chi connectivity index (χ3n) is 7.01. The lowest BCUT2D eigenvalue weighted by molar-refractivity contribution is -0.112. The summed E-state index contributed by atoms with van der Waals surface area (Å²) in [4.78, 5) is 12.7. The summed E-state index contributed by atoms with van der Waals surface area (Å²) in [7, 11) is 0. The Morgan fingerprint density at radius 3 is 1.51 bits per heavy atom. The second kappa shape index (κ2) is 10.8. The van der Waals surface area contributed by atoms with Crippen molar-refractivity contribution in [2.24, 2.45) is 0 Å². The van der Waals surface area contributed by atoms with E-state index in [4.69, 9.17) is 0 Å². The molecule has 0 aliphatic rings. The molecule has 0 fully saturated rings. The van der Waals surface area contributed by atoms with Crippen LogP contribution in [0, 0.1) is 0 Å². The van der Waals surface area contributed by atoms with Gasteiger partial charge in [-0.2, -0.15) is 0 Å². The molecule has 0 saturated carbocycles. The zero-order valence-electron chi connectivity index (χ0n) is 21.4. The zero-order chi connectivity index (χ0) is 26.9. The molecule has 0 amide bonds. The lowest BCUT2D eigenvalue weighted by Crippen LogP contribution is -1.98. The predicted octanol–water partition coefficient (Wildman–Crippen LogP) is 9.24. The average Bonchev–Trinajstić information content (AvgIpc) is 3.45. The topological polar surface area (TPSA) is 26.9 Å². The van der Waals surface area contributed by atoms with Gasteiger partial charge in [0.25, 0.3) is 0 Å². The first-order valence-corrected chi connectivity index (χ1v) is 14.4. The predicted molar refractivity (Wildman–Crippen MR) is 168 cm³/mol. The number of allylic oxidation sites excluding steroid dienone is 1. The Bertz CT molecular complexity index is 1720. The van der Waals surface area contributed by atoms with Crippen LogP contribution in [0.3, 0.4) is 0 Å². The summed E-state index contributed by atoms with van der Waals surface area (Å²) in [6, 6.07) is 33.7. The molecule has 0 aliphatic heterocycles. The van der Waals surface area contributed by atoms with Crippen LogP contribution in [0.1, 0.15) is 29.2 Å². The number of benzene rings is 4. The molecule has 192 valence electrons. The molecule has 0 unspecified atom stereocenters. The summed E-state index contributed by atoms with van der Waals surface area (Å²) in [5.41, 5.74) is 7.70. The van der Waals surface area contributed by atoms with Crippen molar-refractivity contribution in [2.45, 2.75) is 20.0 Å². The van der Waals surface area contributed by atoms with Gasteiger partial charge in [0.15, 0.2) is 5.78 Å². The monoisotopic (exact) mass is 636 g/mol. The first-order chi connectivity index (χ1) is 19.0. The minimum Gasteiger partial charge on any atom is -0.342 e. The second-order valence-corrected chi connectivity index (χ2v) is 11.6. The number of nitrogens with zero attached hydrogens (tertiary/aromatic N) is 2. The Hall–Kier alpha value is -3.67. The smallest absolute Gasteiger partial charge is 0.153 e. The van der Waals surface area contributed by atoms with E-state index < -0.39 is 0 Å². The number of carbonyl (C=O) groups is 1. The van der Waals surface area contributed by atoms with Crippen LogP contribution in [0.25, 0.3) is 27.4 Å². The van der Waals surface area contributed by atoms with Crippen molar-refractivity contribution in [3.8, 4) is 0 Å². The molecule has 0 atom stereocenters. The molecule has 2 aromatic heterocycles. The Balaban J connectivity index is 1.57. The lowest BCUT2D eigenvalue weighted by Gasteiger charge is -2.07. The van der Waals surface area contributed by atoms with Gasteiger partial charge in [0.1, 0.15) is 0 Å². The van der Waals surface area contributed by atoms with E-state index >= 15 is 0 Å². The summed E-state index contributed by atoms with van der Waals surface area (Å²) in [5, 5.41) is 2.21. The summed E-state index contributed by atoms with van der Waals surface area (Å²) in [6.07, 6.45) is 6.17. The Morgan fingerprint density at radius 1 is 0.667 bits per heavy atom. The van der Waals surface area contributed by atoms with Gasteiger partial charge in [-0.3, -0.25) is 4.79 Å². The number of fused-ring (bicyclic) bond motifs is 2. The molecule has 4 aromatic carbocycles. The molecule has 0 bridgehead atoms. The highest BCUT2D eigenvalue weighted by Gasteiger charge is 2.20. The third kappa shape index (κ3) is 5.29. The van der Waals surface area contributed by atoms with E-state index in [-0.39, 0.29) is 5.78 Å². The van der Waals surface area contributed by atoms with Crippen molar-refractivity contribution in [3.63, 3.8) is 0 Å². The van der Waals surface area contributed by atoms with Crippen molar-refractivity contribution >= 4 is 65.0 Å². The van der Waals surface area contributed by atoms with Crippen LogP contribution < -0.4 is 0 Å². The van der Waals surface area contributed by atoms with E-state index in [1.54, 1.807) is 13.0 Å². The molecule has 0 N–H and O–H groups in total. The molecule has 5 heteroatoms. The number of carbonyl (C=O) groups excluding carboxylic acids is 1. The van der Waals surface area contributed by atoms with Gasteiger partial charge in [-0.15, -0.1) is 0 Å². The minimum absolute atomic E-state index is 0.0166. The zero-order valence-corrected chi connectivity index (χ0v) is 24.6. The van der Waals surface area contributed by atoms with Gasteiger partial charge in [0.05, 0.1) is 0 Å². The maximum atomic E-state index is 12.7. The number of aromatic nitrogens is 2. The van der Waals surface area contributed by atoms with E-state index in [1.807, 2.05) is 12.1 Å². The van der Waals surface area contributed by atoms with Gasteiger partial charge in [0, 0.05) is 67.4 Å². The molecule has 39 heavy (non-hydrogen) atoms. The molecule has 2 heterocycles. The van der Waals surface area contributed by atoms with Gasteiger partial charge < -0.3 is 9.13 Å². The maximum absolute atomic E-state index is 12.7. The molecule has 6 aromatic rings. The van der Waals surface area contributed by atoms with Crippen LogP contribution in [-0.2, 0) is 17.9 Å². The SMILES string of the molecule is CC(=O)C=C(c1cn(Cc2ccccc2)c2ccc(Br)cc12)c1cn(Cc2ccccc2)c2ccc(Br)cc12. The van der Waals surface area contributed by atoms with E-state index in [0.717, 1.165) is 60.5 Å². The highest BCUT2D eigenvalue weighted by molar-refractivity contribution is 9.10. The highest BCUT2D eigenvalue weighted by atomic mass is 79.9. The number of ketones is 1. The summed E-state index contributed by atoms with van der Waals surface area (Å²) < 4.78 is 6.56. The summed E-state index contributed by atoms with van der Waals surface area (Å²) in [5.74, 6) is 0.0166. The molecule has 0 radical (unpaired) electrons. The van der Waals surface area contributed by atoms with Crippen LogP contribution in [0.5, 0.6) is 0 Å². The van der Waals surface area contributed by atoms with Crippen LogP contribution in [0.15, 0.2) is 124 Å². The minimum atomic E-state index is 0.0166. The number of rotatable bonds is 7. The van der Waals surface area contributed by atoms with E-state index in [2.05, 4.69) is 138 Å². The van der Waals surface area contributed by atoms with Gasteiger partial charge in [-0.25, -0.2) is 0 Å². The summed E-state index contributed by atoms with van der Waals surface area (Å²) >= 11 is 7.37. The normalized spacial score (nSPS) is 11.3. The largest absolute Gasteiger partial charge is 0.342 e. The molecular formula is C34H26Br2N2O. The maximum Gasteiger partial charge on any atom is 0.153 e. The van der Waals surface area contributed by atoms with Gasteiger partial charge >= 0.3 is 0 Å².